The van der Waals surface area contributed by atoms with Crippen LogP contribution in [0.5, 0.6) is 0 Å². The third kappa shape index (κ3) is 1.51. The van der Waals surface area contributed by atoms with Gasteiger partial charge in [-0.1, -0.05) is 0 Å². The van der Waals surface area contributed by atoms with Crippen molar-refractivity contribution < 1.29 is 4.92 Å². The summed E-state index contributed by atoms with van der Waals surface area (Å²) in [6.07, 6.45) is 0.918. The maximum absolute atomic E-state index is 10.8. The Morgan fingerprint density at radius 2 is 2.29 bits per heavy atom. The average Bonchev–Trinajstić information content (AvgIpc) is 2.68. The number of fused-ring (bicyclic) bond motifs is 3. The Morgan fingerprint density at radius 3 is 3.06 bits per heavy atom. The zero-order chi connectivity index (χ0) is 12.0. The zero-order valence-corrected chi connectivity index (χ0v) is 9.49. The number of nitrogens with zero attached hydrogens (tertiary/aromatic N) is 1. The molecule has 2 N–H and O–H groups in total. The van der Waals surface area contributed by atoms with Crippen molar-refractivity contribution in [3.05, 3.63) is 39.6 Å². The minimum Gasteiger partial charge on any atom is -0.357 e. The second-order valence-electron chi connectivity index (χ2n) is 4.43. The molecule has 0 spiro atoms. The molecular formula is C12H13N3O2. The largest absolute Gasteiger partial charge is 0.357 e. The highest BCUT2D eigenvalue weighted by molar-refractivity contribution is 5.87. The normalized spacial score (nSPS) is 19.2. The molecule has 1 atom stereocenters. The molecule has 0 amide bonds. The lowest BCUT2D eigenvalue weighted by Crippen LogP contribution is -2.27. The van der Waals surface area contributed by atoms with Crippen molar-refractivity contribution in [3.8, 4) is 0 Å². The lowest BCUT2D eigenvalue weighted by Gasteiger charge is -2.20. The number of aromatic amines is 1. The summed E-state index contributed by atoms with van der Waals surface area (Å²) in [6, 6.07) is 5.29. The standard InChI is InChI=1S/C12H13N3O2/c1-7-12-9(4-5-13-7)10-6-8(15(16)17)2-3-11(10)14-12/h2-3,6-7,13-14H,4-5H2,1H3. The summed E-state index contributed by atoms with van der Waals surface area (Å²) in [7, 11) is 0. The number of nitrogens with one attached hydrogen (secondary N) is 2. The van der Waals surface area contributed by atoms with E-state index < -0.39 is 0 Å². The Kier molecular flexibility index (Phi) is 2.16. The summed E-state index contributed by atoms with van der Waals surface area (Å²) >= 11 is 0. The summed E-state index contributed by atoms with van der Waals surface area (Å²) in [5.41, 5.74) is 3.52. The number of aromatic nitrogens is 1. The molecule has 1 aliphatic heterocycles. The number of non-ortho nitro benzene ring substituents is 1. The summed E-state index contributed by atoms with van der Waals surface area (Å²) in [5, 5.41) is 15.1. The van der Waals surface area contributed by atoms with E-state index in [9.17, 15) is 10.1 Å². The quantitative estimate of drug-likeness (QED) is 0.584. The van der Waals surface area contributed by atoms with Gasteiger partial charge in [-0.3, -0.25) is 10.1 Å². The molecule has 0 bridgehead atoms. The van der Waals surface area contributed by atoms with Gasteiger partial charge in [0.05, 0.1) is 4.92 Å². The third-order valence-electron chi connectivity index (χ3n) is 3.39. The van der Waals surface area contributed by atoms with Crippen LogP contribution >= 0.6 is 0 Å². The van der Waals surface area contributed by atoms with Crippen LogP contribution in [0, 0.1) is 10.1 Å². The number of nitro groups is 1. The maximum Gasteiger partial charge on any atom is 0.270 e. The van der Waals surface area contributed by atoms with E-state index in [1.54, 1.807) is 18.2 Å². The van der Waals surface area contributed by atoms with Crippen LogP contribution in [-0.2, 0) is 6.42 Å². The molecular weight excluding hydrogens is 218 g/mol. The van der Waals surface area contributed by atoms with Crippen LogP contribution in [0.3, 0.4) is 0 Å². The molecule has 2 heterocycles. The van der Waals surface area contributed by atoms with E-state index in [1.165, 1.54) is 5.56 Å². The predicted octanol–water partition coefficient (Wildman–Crippen LogP) is 2.28. The summed E-state index contributed by atoms with van der Waals surface area (Å²) in [6.45, 7) is 3.02. The average molecular weight is 231 g/mol. The smallest absolute Gasteiger partial charge is 0.270 e. The molecule has 1 aromatic carbocycles. The van der Waals surface area contributed by atoms with Crippen LogP contribution in [0.15, 0.2) is 18.2 Å². The van der Waals surface area contributed by atoms with Crippen molar-refractivity contribution in [2.45, 2.75) is 19.4 Å². The summed E-state index contributed by atoms with van der Waals surface area (Å²) in [5.74, 6) is 0. The number of rotatable bonds is 1. The second kappa shape index (κ2) is 3.56. The number of hydrogen-bond donors (Lipinski definition) is 2. The first kappa shape index (κ1) is 10.3. The van der Waals surface area contributed by atoms with Gasteiger partial charge in [0.1, 0.15) is 0 Å². The molecule has 0 saturated heterocycles. The highest BCUT2D eigenvalue weighted by Crippen LogP contribution is 2.31. The lowest BCUT2D eigenvalue weighted by atomic mass is 10.0. The van der Waals surface area contributed by atoms with Crippen LogP contribution in [0.2, 0.25) is 0 Å². The van der Waals surface area contributed by atoms with E-state index in [0.717, 1.165) is 29.6 Å². The molecule has 1 unspecified atom stereocenters. The van der Waals surface area contributed by atoms with Crippen LogP contribution in [-0.4, -0.2) is 16.5 Å². The molecule has 0 fully saturated rings. The van der Waals surface area contributed by atoms with Gasteiger partial charge in [-0.25, -0.2) is 0 Å². The van der Waals surface area contributed by atoms with Crippen molar-refractivity contribution in [1.29, 1.82) is 0 Å². The molecule has 0 saturated carbocycles. The Balaban J connectivity index is 2.25. The van der Waals surface area contributed by atoms with Crippen molar-refractivity contribution in [2.24, 2.45) is 0 Å². The van der Waals surface area contributed by atoms with Gasteiger partial charge in [0.25, 0.3) is 5.69 Å². The van der Waals surface area contributed by atoms with Gasteiger partial charge >= 0.3 is 0 Å². The van der Waals surface area contributed by atoms with Gasteiger partial charge in [0.2, 0.25) is 0 Å². The van der Waals surface area contributed by atoms with Gasteiger partial charge < -0.3 is 10.3 Å². The SMILES string of the molecule is CC1NCCc2c1[nH]c1ccc([N+](=O)[O-])cc21. The van der Waals surface area contributed by atoms with E-state index in [0.29, 0.717) is 0 Å². The number of H-pyrrole nitrogens is 1. The Labute approximate surface area is 98.0 Å². The van der Waals surface area contributed by atoms with Gasteiger partial charge in [0.15, 0.2) is 0 Å². The fraction of sp³-hybridized carbons (Fsp3) is 0.333. The number of nitro benzene ring substituents is 1. The van der Waals surface area contributed by atoms with E-state index in [2.05, 4.69) is 17.2 Å². The van der Waals surface area contributed by atoms with E-state index in [4.69, 9.17) is 0 Å². The predicted molar refractivity (Wildman–Crippen MR) is 65.1 cm³/mol. The molecule has 0 aliphatic carbocycles. The number of benzene rings is 1. The Morgan fingerprint density at radius 1 is 1.47 bits per heavy atom. The maximum atomic E-state index is 10.8. The van der Waals surface area contributed by atoms with Gasteiger partial charge in [0, 0.05) is 34.8 Å². The van der Waals surface area contributed by atoms with Gasteiger partial charge in [-0.2, -0.15) is 0 Å². The fourth-order valence-electron chi connectivity index (χ4n) is 2.52. The second-order valence-corrected chi connectivity index (χ2v) is 4.43. The molecule has 17 heavy (non-hydrogen) atoms. The van der Waals surface area contributed by atoms with Gasteiger partial charge in [-0.15, -0.1) is 0 Å². The van der Waals surface area contributed by atoms with Crippen LogP contribution in [0.4, 0.5) is 5.69 Å². The molecule has 1 aromatic heterocycles. The Hall–Kier alpha value is -1.88. The first-order chi connectivity index (χ1) is 8.16. The van der Waals surface area contributed by atoms with Crippen molar-refractivity contribution >= 4 is 16.6 Å². The van der Waals surface area contributed by atoms with Crippen molar-refractivity contribution in [3.63, 3.8) is 0 Å². The molecule has 2 aromatic rings. The van der Waals surface area contributed by atoms with Crippen molar-refractivity contribution in [1.82, 2.24) is 10.3 Å². The monoisotopic (exact) mass is 231 g/mol. The van der Waals surface area contributed by atoms with Crippen molar-refractivity contribution in [2.75, 3.05) is 6.54 Å². The highest BCUT2D eigenvalue weighted by Gasteiger charge is 2.21. The summed E-state index contributed by atoms with van der Waals surface area (Å²) in [4.78, 5) is 13.8. The highest BCUT2D eigenvalue weighted by atomic mass is 16.6. The number of hydrogen-bond acceptors (Lipinski definition) is 3. The van der Waals surface area contributed by atoms with Crippen LogP contribution < -0.4 is 5.32 Å². The minimum atomic E-state index is -0.344. The van der Waals surface area contributed by atoms with E-state index in [1.807, 2.05) is 0 Å². The topological polar surface area (TPSA) is 71.0 Å². The van der Waals surface area contributed by atoms with Crippen LogP contribution in [0.1, 0.15) is 24.2 Å². The molecule has 1 aliphatic rings. The minimum absolute atomic E-state index is 0.158. The first-order valence-electron chi connectivity index (χ1n) is 5.69. The van der Waals surface area contributed by atoms with Gasteiger partial charge in [-0.05, 0) is 31.5 Å². The lowest BCUT2D eigenvalue weighted by molar-refractivity contribution is -0.384. The molecule has 88 valence electrons. The van der Waals surface area contributed by atoms with E-state index in [-0.39, 0.29) is 16.7 Å². The summed E-state index contributed by atoms with van der Waals surface area (Å²) < 4.78 is 0. The molecule has 3 rings (SSSR count). The fourth-order valence-corrected chi connectivity index (χ4v) is 2.52. The third-order valence-corrected chi connectivity index (χ3v) is 3.39. The van der Waals surface area contributed by atoms with Crippen LogP contribution in [0.25, 0.3) is 10.9 Å². The Bertz CT molecular complexity index is 603. The molecule has 5 nitrogen and oxygen atoms in total. The zero-order valence-electron chi connectivity index (χ0n) is 9.49. The van der Waals surface area contributed by atoms with E-state index >= 15 is 0 Å². The first-order valence-corrected chi connectivity index (χ1v) is 5.69. The molecule has 5 heteroatoms. The molecule has 0 radical (unpaired) electrons.